The van der Waals surface area contributed by atoms with Gasteiger partial charge in [-0.25, -0.2) is 0 Å². The Morgan fingerprint density at radius 2 is 2.25 bits per heavy atom. The first kappa shape index (κ1) is 15.2. The van der Waals surface area contributed by atoms with Gasteiger partial charge in [-0.3, -0.25) is 14.9 Å². The van der Waals surface area contributed by atoms with Crippen LogP contribution < -0.4 is 5.32 Å². The summed E-state index contributed by atoms with van der Waals surface area (Å²) in [6.45, 7) is 0.432. The molecule has 20 heavy (non-hydrogen) atoms. The summed E-state index contributed by atoms with van der Waals surface area (Å²) in [6.07, 6.45) is 2.95. The minimum absolute atomic E-state index is 0.0827. The molecule has 0 aliphatic heterocycles. The Morgan fingerprint density at radius 1 is 1.55 bits per heavy atom. The number of nitro benzene ring substituents is 1. The summed E-state index contributed by atoms with van der Waals surface area (Å²) in [7, 11) is 1.64. The highest BCUT2D eigenvalue weighted by Gasteiger charge is 2.37. The van der Waals surface area contributed by atoms with Crippen LogP contribution in [0.15, 0.2) is 18.2 Å². The molecule has 1 aliphatic carbocycles. The predicted octanol–water partition coefficient (Wildman–Crippen LogP) is 2.50. The van der Waals surface area contributed by atoms with Gasteiger partial charge in [0.25, 0.3) is 11.6 Å². The van der Waals surface area contributed by atoms with Crippen molar-refractivity contribution < 1.29 is 14.5 Å². The average Bonchev–Trinajstić information content (AvgIpc) is 2.38. The number of nitrogens with one attached hydrogen (secondary N) is 1. The van der Waals surface area contributed by atoms with Crippen molar-refractivity contribution in [3.63, 3.8) is 0 Å². The first-order valence-corrected chi connectivity index (χ1v) is 7.33. The minimum Gasteiger partial charge on any atom is -0.376 e. The van der Waals surface area contributed by atoms with Crippen LogP contribution in [-0.2, 0) is 4.74 Å². The number of rotatable bonds is 5. The molecular weight excluding hydrogens is 375 g/mol. The Labute approximate surface area is 130 Å². The smallest absolute Gasteiger partial charge is 0.270 e. The molecule has 0 saturated heterocycles. The number of methoxy groups -OCH3 is 1. The molecule has 1 aromatic rings. The molecule has 0 radical (unpaired) electrons. The van der Waals surface area contributed by atoms with Crippen molar-refractivity contribution in [1.29, 1.82) is 0 Å². The number of nitrogens with zero attached hydrogens (tertiary/aromatic N) is 1. The zero-order valence-electron chi connectivity index (χ0n) is 11.0. The Balaban J connectivity index is 2.09. The highest BCUT2D eigenvalue weighted by Crippen LogP contribution is 2.34. The summed E-state index contributed by atoms with van der Waals surface area (Å²) >= 11 is 1.99. The van der Waals surface area contributed by atoms with Gasteiger partial charge in [-0.15, -0.1) is 0 Å². The molecule has 0 atom stereocenters. The number of ether oxygens (including phenoxy) is 1. The lowest BCUT2D eigenvalue weighted by atomic mass is 9.80. The minimum atomic E-state index is -0.505. The highest BCUT2D eigenvalue weighted by atomic mass is 127. The van der Waals surface area contributed by atoms with Gasteiger partial charge < -0.3 is 10.1 Å². The van der Waals surface area contributed by atoms with E-state index < -0.39 is 4.92 Å². The zero-order valence-corrected chi connectivity index (χ0v) is 13.2. The van der Waals surface area contributed by atoms with E-state index in [9.17, 15) is 14.9 Å². The Hall–Kier alpha value is -1.22. The van der Waals surface area contributed by atoms with Gasteiger partial charge in [-0.05, 0) is 47.9 Å². The quantitative estimate of drug-likeness (QED) is 0.476. The first-order chi connectivity index (χ1) is 9.47. The fourth-order valence-corrected chi connectivity index (χ4v) is 2.74. The topological polar surface area (TPSA) is 81.5 Å². The van der Waals surface area contributed by atoms with Crippen LogP contribution in [0.4, 0.5) is 5.69 Å². The molecule has 108 valence electrons. The van der Waals surface area contributed by atoms with Gasteiger partial charge in [-0.1, -0.05) is 0 Å². The number of hydrogen-bond donors (Lipinski definition) is 1. The molecule has 1 aliphatic rings. The van der Waals surface area contributed by atoms with E-state index in [1.165, 1.54) is 12.1 Å². The fourth-order valence-electron chi connectivity index (χ4n) is 2.16. The van der Waals surface area contributed by atoms with Crippen molar-refractivity contribution >= 4 is 34.2 Å². The molecule has 1 N–H and O–H groups in total. The van der Waals surface area contributed by atoms with Gasteiger partial charge in [0.15, 0.2) is 0 Å². The normalized spacial score (nSPS) is 16.3. The lowest BCUT2D eigenvalue weighted by Crippen LogP contribution is -2.49. The molecule has 0 aromatic heterocycles. The Kier molecular flexibility index (Phi) is 4.59. The Bertz CT molecular complexity index is 538. The van der Waals surface area contributed by atoms with E-state index in [0.29, 0.717) is 15.7 Å². The van der Waals surface area contributed by atoms with Crippen LogP contribution in [-0.4, -0.2) is 30.1 Å². The van der Waals surface area contributed by atoms with Crippen LogP contribution in [0.2, 0.25) is 0 Å². The van der Waals surface area contributed by atoms with Gasteiger partial charge >= 0.3 is 0 Å². The molecule has 0 heterocycles. The van der Waals surface area contributed by atoms with E-state index in [1.807, 2.05) is 22.6 Å². The second-order valence-electron chi connectivity index (χ2n) is 4.84. The SMILES string of the molecule is COC1(CNC(=O)c2cc([N+](=O)[O-])ccc2I)CCC1. The molecular formula is C13H15IN2O4. The summed E-state index contributed by atoms with van der Waals surface area (Å²) in [6, 6.07) is 4.27. The van der Waals surface area contributed by atoms with Crippen LogP contribution in [0.5, 0.6) is 0 Å². The standard InChI is InChI=1S/C13H15IN2O4/c1-20-13(5-2-6-13)8-15-12(17)10-7-9(16(18)19)3-4-11(10)14/h3-4,7H,2,5-6,8H2,1H3,(H,15,17). The Morgan fingerprint density at radius 3 is 2.75 bits per heavy atom. The first-order valence-electron chi connectivity index (χ1n) is 6.25. The number of carbonyl (C=O) groups is 1. The van der Waals surface area contributed by atoms with Gasteiger partial charge in [0.05, 0.1) is 16.1 Å². The van der Waals surface area contributed by atoms with Crippen LogP contribution in [0, 0.1) is 13.7 Å². The van der Waals surface area contributed by atoms with Crippen molar-refractivity contribution in [2.24, 2.45) is 0 Å². The number of amides is 1. The maximum absolute atomic E-state index is 12.1. The number of nitro groups is 1. The lowest BCUT2D eigenvalue weighted by Gasteiger charge is -2.40. The molecule has 7 heteroatoms. The molecule has 1 amide bonds. The third-order valence-electron chi connectivity index (χ3n) is 3.67. The molecule has 0 unspecified atom stereocenters. The van der Waals surface area contributed by atoms with Crippen molar-refractivity contribution in [3.8, 4) is 0 Å². The van der Waals surface area contributed by atoms with Crippen molar-refractivity contribution in [3.05, 3.63) is 37.4 Å². The summed E-state index contributed by atoms with van der Waals surface area (Å²) in [4.78, 5) is 22.4. The summed E-state index contributed by atoms with van der Waals surface area (Å²) in [5.74, 6) is -0.304. The second-order valence-corrected chi connectivity index (χ2v) is 6.01. The van der Waals surface area contributed by atoms with Gasteiger partial charge in [0.1, 0.15) is 0 Å². The third-order valence-corrected chi connectivity index (χ3v) is 4.61. The average molecular weight is 390 g/mol. The van der Waals surface area contributed by atoms with Gasteiger partial charge in [0.2, 0.25) is 0 Å². The van der Waals surface area contributed by atoms with E-state index in [0.717, 1.165) is 19.3 Å². The maximum atomic E-state index is 12.1. The molecule has 2 rings (SSSR count). The molecule has 1 fully saturated rings. The number of benzene rings is 1. The van der Waals surface area contributed by atoms with Gasteiger partial charge in [-0.2, -0.15) is 0 Å². The number of halogens is 1. The molecule has 1 aromatic carbocycles. The van der Waals surface area contributed by atoms with Crippen molar-refractivity contribution in [2.75, 3.05) is 13.7 Å². The van der Waals surface area contributed by atoms with Crippen LogP contribution in [0.1, 0.15) is 29.6 Å². The fraction of sp³-hybridized carbons (Fsp3) is 0.462. The van der Waals surface area contributed by atoms with E-state index >= 15 is 0 Å². The monoisotopic (exact) mass is 390 g/mol. The van der Waals surface area contributed by atoms with Crippen molar-refractivity contribution in [2.45, 2.75) is 24.9 Å². The van der Waals surface area contributed by atoms with Crippen molar-refractivity contribution in [1.82, 2.24) is 5.32 Å². The predicted molar refractivity (Wildman–Crippen MR) is 81.7 cm³/mol. The lowest BCUT2D eigenvalue weighted by molar-refractivity contribution is -0.384. The summed E-state index contributed by atoms with van der Waals surface area (Å²) < 4.78 is 6.11. The second kappa shape index (κ2) is 6.04. The van der Waals surface area contributed by atoms with Crippen LogP contribution in [0.3, 0.4) is 0 Å². The van der Waals surface area contributed by atoms with E-state index in [4.69, 9.17) is 4.74 Å². The largest absolute Gasteiger partial charge is 0.376 e. The number of carbonyl (C=O) groups excluding carboxylic acids is 1. The van der Waals surface area contributed by atoms with E-state index in [2.05, 4.69) is 5.32 Å². The summed E-state index contributed by atoms with van der Waals surface area (Å²) in [5, 5.41) is 13.6. The van der Waals surface area contributed by atoms with E-state index in [1.54, 1.807) is 13.2 Å². The third kappa shape index (κ3) is 3.09. The van der Waals surface area contributed by atoms with E-state index in [-0.39, 0.29) is 17.2 Å². The highest BCUT2D eigenvalue weighted by molar-refractivity contribution is 14.1. The number of hydrogen-bond acceptors (Lipinski definition) is 4. The van der Waals surface area contributed by atoms with Crippen LogP contribution in [0.25, 0.3) is 0 Å². The molecule has 0 spiro atoms. The van der Waals surface area contributed by atoms with Gasteiger partial charge in [0, 0.05) is 29.4 Å². The summed E-state index contributed by atoms with van der Waals surface area (Å²) in [5.41, 5.74) is -0.0204. The zero-order chi connectivity index (χ0) is 14.8. The maximum Gasteiger partial charge on any atom is 0.270 e. The molecule has 6 nitrogen and oxygen atoms in total. The molecule has 1 saturated carbocycles. The number of non-ortho nitro benzene ring substituents is 1. The van der Waals surface area contributed by atoms with Crippen LogP contribution >= 0.6 is 22.6 Å². The molecule has 0 bridgehead atoms.